The lowest BCUT2D eigenvalue weighted by Crippen LogP contribution is -2.46. The summed E-state index contributed by atoms with van der Waals surface area (Å²) in [5, 5.41) is 11.7. The first-order valence-electron chi connectivity index (χ1n) is 15.0. The third-order valence-electron chi connectivity index (χ3n) is 9.46. The molecule has 1 aromatic heterocycles. The second-order valence-corrected chi connectivity index (χ2v) is 12.6. The molecule has 4 aromatic rings. The Labute approximate surface area is 252 Å². The number of anilines is 1. The second-order valence-electron chi connectivity index (χ2n) is 12.6. The monoisotopic (exact) mass is 604 g/mol. The SMILES string of the molecule is C#Cc1c(F)ccc2cccc(-c3c(F)cc4c(N5CCC[C@@](C)(O)C5)nc(OC[C@@]56CCCN5C[C@H](F)C6)nc4c3F)c12. The van der Waals surface area contributed by atoms with Crippen LogP contribution in [-0.2, 0) is 0 Å². The number of nitrogens with zero attached hydrogens (tertiary/aromatic N) is 4. The Morgan fingerprint density at radius 1 is 1.09 bits per heavy atom. The van der Waals surface area contributed by atoms with Crippen molar-refractivity contribution in [3.05, 3.63) is 59.4 Å². The molecule has 0 bridgehead atoms. The molecule has 228 valence electrons. The van der Waals surface area contributed by atoms with Crippen LogP contribution in [0.4, 0.5) is 23.4 Å². The van der Waals surface area contributed by atoms with E-state index in [0.717, 1.165) is 19.4 Å². The Bertz CT molecular complexity index is 1840. The van der Waals surface area contributed by atoms with Gasteiger partial charge in [-0.05, 0) is 62.2 Å². The predicted molar refractivity (Wildman–Crippen MR) is 161 cm³/mol. The molecule has 0 aliphatic carbocycles. The first-order chi connectivity index (χ1) is 21.1. The lowest BCUT2D eigenvalue weighted by atomic mass is 9.92. The van der Waals surface area contributed by atoms with Crippen molar-refractivity contribution in [3.8, 4) is 29.5 Å². The fourth-order valence-corrected chi connectivity index (χ4v) is 7.46. The van der Waals surface area contributed by atoms with Crippen LogP contribution in [0.25, 0.3) is 32.8 Å². The van der Waals surface area contributed by atoms with Crippen molar-refractivity contribution < 1.29 is 27.4 Å². The van der Waals surface area contributed by atoms with E-state index in [1.807, 2.05) is 0 Å². The van der Waals surface area contributed by atoms with Gasteiger partial charge < -0.3 is 14.7 Å². The van der Waals surface area contributed by atoms with E-state index >= 15 is 8.78 Å². The number of aliphatic hydroxyl groups is 1. The van der Waals surface area contributed by atoms with E-state index in [2.05, 4.69) is 20.8 Å². The summed E-state index contributed by atoms with van der Waals surface area (Å²) < 4.78 is 68.1. The quantitative estimate of drug-likeness (QED) is 0.218. The molecule has 3 aromatic carbocycles. The summed E-state index contributed by atoms with van der Waals surface area (Å²) in [6.07, 6.45) is 7.92. The molecular weight excluding hydrogens is 572 g/mol. The van der Waals surface area contributed by atoms with Crippen molar-refractivity contribution in [2.45, 2.75) is 56.3 Å². The highest BCUT2D eigenvalue weighted by molar-refractivity contribution is 6.03. The molecule has 3 fully saturated rings. The van der Waals surface area contributed by atoms with Gasteiger partial charge in [-0.3, -0.25) is 4.90 Å². The molecule has 7 rings (SSSR count). The third-order valence-corrected chi connectivity index (χ3v) is 9.46. The van der Waals surface area contributed by atoms with E-state index in [4.69, 9.17) is 11.2 Å². The zero-order valence-electron chi connectivity index (χ0n) is 24.3. The highest BCUT2D eigenvalue weighted by Crippen LogP contribution is 2.42. The maximum atomic E-state index is 16.7. The summed E-state index contributed by atoms with van der Waals surface area (Å²) in [6, 6.07) is 8.61. The van der Waals surface area contributed by atoms with Gasteiger partial charge in [0, 0.05) is 36.8 Å². The number of fused-ring (bicyclic) bond motifs is 3. The predicted octanol–water partition coefficient (Wildman–Crippen LogP) is 6.16. The Morgan fingerprint density at radius 3 is 2.70 bits per heavy atom. The van der Waals surface area contributed by atoms with E-state index < -0.39 is 40.3 Å². The smallest absolute Gasteiger partial charge is 0.319 e. The summed E-state index contributed by atoms with van der Waals surface area (Å²) in [6.45, 7) is 3.65. The molecule has 3 saturated heterocycles. The molecule has 0 amide bonds. The van der Waals surface area contributed by atoms with Crippen molar-refractivity contribution in [2.75, 3.05) is 37.7 Å². The van der Waals surface area contributed by atoms with Crippen LogP contribution < -0.4 is 9.64 Å². The number of rotatable bonds is 5. The van der Waals surface area contributed by atoms with Gasteiger partial charge in [-0.1, -0.05) is 30.2 Å². The molecule has 3 aliphatic rings. The van der Waals surface area contributed by atoms with Crippen LogP contribution in [0, 0.1) is 29.8 Å². The van der Waals surface area contributed by atoms with Gasteiger partial charge in [0.05, 0.1) is 22.3 Å². The number of ether oxygens (including phenoxy) is 1. The minimum Gasteiger partial charge on any atom is -0.461 e. The van der Waals surface area contributed by atoms with E-state index in [0.29, 0.717) is 37.7 Å². The topological polar surface area (TPSA) is 61.7 Å². The molecule has 6 nitrogen and oxygen atoms in total. The van der Waals surface area contributed by atoms with Crippen molar-refractivity contribution >= 4 is 27.5 Å². The number of aromatic nitrogens is 2. The number of hydrogen-bond donors (Lipinski definition) is 1. The number of alkyl halides is 1. The fourth-order valence-electron chi connectivity index (χ4n) is 7.46. The molecule has 10 heteroatoms. The second kappa shape index (κ2) is 10.6. The van der Waals surface area contributed by atoms with Crippen molar-refractivity contribution in [1.82, 2.24) is 14.9 Å². The molecule has 1 N–H and O–H groups in total. The molecule has 0 spiro atoms. The summed E-state index contributed by atoms with van der Waals surface area (Å²) in [7, 11) is 0. The Balaban J connectivity index is 1.40. The van der Waals surface area contributed by atoms with Crippen LogP contribution in [0.1, 0.15) is 44.6 Å². The molecule has 0 radical (unpaired) electrons. The fraction of sp³-hybridized carbons (Fsp3) is 0.412. The first kappa shape index (κ1) is 28.8. The Morgan fingerprint density at radius 2 is 1.91 bits per heavy atom. The van der Waals surface area contributed by atoms with E-state index in [1.165, 1.54) is 24.3 Å². The molecular formula is C34H32F4N4O2. The van der Waals surface area contributed by atoms with Gasteiger partial charge in [-0.25, -0.2) is 17.6 Å². The summed E-state index contributed by atoms with van der Waals surface area (Å²) in [5.41, 5.74) is -2.10. The van der Waals surface area contributed by atoms with Gasteiger partial charge in [0.2, 0.25) is 0 Å². The standard InChI is InChI=1S/C34H32F4N4O2/c1-3-22-25(36)10-9-20-7-4-8-23(27(20)22)28-26(37)15-24-30(29(28)38)39-32(40-31(24)41-13-5-11-33(2,43)18-41)44-19-34-12-6-14-42(34)17-21(35)16-34/h1,4,7-10,15,21,43H,5-6,11-14,16-19H2,2H3/t21-,33-,34+/m1/s1. The molecule has 0 unspecified atom stereocenters. The van der Waals surface area contributed by atoms with Gasteiger partial charge in [-0.2, -0.15) is 9.97 Å². The summed E-state index contributed by atoms with van der Waals surface area (Å²) >= 11 is 0. The maximum absolute atomic E-state index is 16.7. The van der Waals surface area contributed by atoms with Gasteiger partial charge in [0.25, 0.3) is 0 Å². The Hall–Kier alpha value is -3.94. The molecule has 4 heterocycles. The maximum Gasteiger partial charge on any atom is 0.319 e. The van der Waals surface area contributed by atoms with Crippen LogP contribution in [0.5, 0.6) is 6.01 Å². The van der Waals surface area contributed by atoms with Crippen LogP contribution in [0.3, 0.4) is 0 Å². The molecule has 44 heavy (non-hydrogen) atoms. The number of terminal acetylenes is 1. The lowest BCUT2D eigenvalue weighted by Gasteiger charge is -2.38. The van der Waals surface area contributed by atoms with E-state index in [1.54, 1.807) is 24.0 Å². The number of hydrogen-bond acceptors (Lipinski definition) is 6. The zero-order chi connectivity index (χ0) is 30.8. The molecule has 0 saturated carbocycles. The van der Waals surface area contributed by atoms with E-state index in [-0.39, 0.29) is 52.4 Å². The van der Waals surface area contributed by atoms with Crippen LogP contribution in [0.15, 0.2) is 36.4 Å². The number of halogens is 4. The lowest BCUT2D eigenvalue weighted by molar-refractivity contribution is 0.0447. The summed E-state index contributed by atoms with van der Waals surface area (Å²) in [4.78, 5) is 12.9. The Kier molecular flexibility index (Phi) is 6.94. The number of piperidine rings is 1. The number of benzene rings is 3. The average molecular weight is 605 g/mol. The molecule has 3 atom stereocenters. The van der Waals surface area contributed by atoms with Crippen molar-refractivity contribution in [2.24, 2.45) is 0 Å². The van der Waals surface area contributed by atoms with Gasteiger partial charge in [0.1, 0.15) is 35.7 Å². The van der Waals surface area contributed by atoms with Gasteiger partial charge in [-0.15, -0.1) is 6.42 Å². The van der Waals surface area contributed by atoms with Crippen LogP contribution >= 0.6 is 0 Å². The van der Waals surface area contributed by atoms with Gasteiger partial charge >= 0.3 is 6.01 Å². The minimum atomic E-state index is -1.03. The van der Waals surface area contributed by atoms with Crippen LogP contribution in [-0.4, -0.2) is 70.1 Å². The van der Waals surface area contributed by atoms with Gasteiger partial charge in [0.15, 0.2) is 5.82 Å². The largest absolute Gasteiger partial charge is 0.461 e. The third kappa shape index (κ3) is 4.74. The average Bonchev–Trinajstić information content (AvgIpc) is 3.51. The molecule has 3 aliphatic heterocycles. The highest BCUT2D eigenvalue weighted by atomic mass is 19.1. The highest BCUT2D eigenvalue weighted by Gasteiger charge is 2.49. The number of β-amino-alcohol motifs (C(OH)–C–C–N with tert-alkyl or cyclic N) is 1. The minimum absolute atomic E-state index is 0.0933. The van der Waals surface area contributed by atoms with E-state index in [9.17, 15) is 13.9 Å². The zero-order valence-corrected chi connectivity index (χ0v) is 24.3. The van der Waals surface area contributed by atoms with Crippen molar-refractivity contribution in [3.63, 3.8) is 0 Å². The summed E-state index contributed by atoms with van der Waals surface area (Å²) in [5.74, 6) is 0.0322. The normalized spacial score (nSPS) is 25.5. The first-order valence-corrected chi connectivity index (χ1v) is 15.0. The van der Waals surface area contributed by atoms with Crippen LogP contribution in [0.2, 0.25) is 0 Å². The van der Waals surface area contributed by atoms with Crippen molar-refractivity contribution in [1.29, 1.82) is 0 Å².